The molecule has 0 spiro atoms. The topological polar surface area (TPSA) is 69.6 Å². The van der Waals surface area contributed by atoms with Crippen molar-refractivity contribution in [2.24, 2.45) is 5.92 Å². The number of rotatable bonds is 1. The van der Waals surface area contributed by atoms with Gasteiger partial charge in [-0.2, -0.15) is 0 Å². The number of benzene rings is 1. The Balaban J connectivity index is 2.12. The summed E-state index contributed by atoms with van der Waals surface area (Å²) in [4.78, 5) is 11.2. The van der Waals surface area contributed by atoms with Crippen LogP contribution in [0.5, 0.6) is 5.75 Å². The van der Waals surface area contributed by atoms with Crippen molar-refractivity contribution in [3.63, 3.8) is 0 Å². The van der Waals surface area contributed by atoms with E-state index in [4.69, 9.17) is 0 Å². The van der Waals surface area contributed by atoms with Gasteiger partial charge in [0.1, 0.15) is 11.8 Å². The molecule has 0 radical (unpaired) electrons. The van der Waals surface area contributed by atoms with Gasteiger partial charge in [-0.15, -0.1) is 0 Å². The summed E-state index contributed by atoms with van der Waals surface area (Å²) in [5, 5.41) is 22.0. The molecule has 0 fully saturated rings. The molecule has 3 N–H and O–H groups in total. The zero-order valence-corrected chi connectivity index (χ0v) is 9.13. The van der Waals surface area contributed by atoms with Crippen molar-refractivity contribution >= 4 is 11.7 Å². The number of hydrogen-bond donors (Lipinski definition) is 3. The van der Waals surface area contributed by atoms with Crippen LogP contribution in [0.2, 0.25) is 0 Å². The van der Waals surface area contributed by atoms with Crippen molar-refractivity contribution in [1.82, 2.24) is 0 Å². The molecular weight excluding hydrogens is 218 g/mol. The molecular formula is C13H13NO3. The SMILES string of the molecule is O=C(O)[C@@H]1Nc2c(O)cccc2[C@H]2C=CC[C@H]21. The number of aliphatic carboxylic acids is 1. The Bertz CT molecular complexity index is 509. The van der Waals surface area contributed by atoms with E-state index in [9.17, 15) is 15.0 Å². The first-order chi connectivity index (χ1) is 8.18. The zero-order valence-electron chi connectivity index (χ0n) is 9.13. The Morgan fingerprint density at radius 2 is 2.24 bits per heavy atom. The van der Waals surface area contributed by atoms with Crippen LogP contribution in [0.3, 0.4) is 0 Å². The maximum atomic E-state index is 11.2. The third-order valence-electron chi connectivity index (χ3n) is 3.64. The quantitative estimate of drug-likeness (QED) is 0.510. The van der Waals surface area contributed by atoms with Crippen LogP contribution in [0.15, 0.2) is 30.4 Å². The lowest BCUT2D eigenvalue weighted by Crippen LogP contribution is -2.41. The molecule has 0 unspecified atom stereocenters. The average molecular weight is 231 g/mol. The Morgan fingerprint density at radius 3 is 3.00 bits per heavy atom. The summed E-state index contributed by atoms with van der Waals surface area (Å²) in [5.41, 5.74) is 1.55. The predicted octanol–water partition coefficient (Wildman–Crippen LogP) is 1.93. The van der Waals surface area contributed by atoms with E-state index in [0.29, 0.717) is 5.69 Å². The third kappa shape index (κ3) is 1.40. The van der Waals surface area contributed by atoms with Gasteiger partial charge in [-0.05, 0) is 18.1 Å². The van der Waals surface area contributed by atoms with Gasteiger partial charge >= 0.3 is 5.97 Å². The van der Waals surface area contributed by atoms with E-state index in [-0.39, 0.29) is 17.6 Å². The summed E-state index contributed by atoms with van der Waals surface area (Å²) in [6.07, 6.45) is 4.83. The summed E-state index contributed by atoms with van der Waals surface area (Å²) in [5.74, 6) is -0.605. The first kappa shape index (κ1) is 10.2. The Kier molecular flexibility index (Phi) is 2.11. The third-order valence-corrected chi connectivity index (χ3v) is 3.64. The van der Waals surface area contributed by atoms with E-state index in [0.717, 1.165) is 12.0 Å². The van der Waals surface area contributed by atoms with E-state index < -0.39 is 12.0 Å². The number of carboxylic acids is 1. The number of carbonyl (C=O) groups is 1. The van der Waals surface area contributed by atoms with Crippen LogP contribution < -0.4 is 5.32 Å². The van der Waals surface area contributed by atoms with Crippen molar-refractivity contribution in [2.75, 3.05) is 5.32 Å². The number of para-hydroxylation sites is 1. The van der Waals surface area contributed by atoms with Gasteiger partial charge in [0.2, 0.25) is 0 Å². The van der Waals surface area contributed by atoms with Crippen LogP contribution in [0.1, 0.15) is 17.9 Å². The fourth-order valence-corrected chi connectivity index (χ4v) is 2.85. The van der Waals surface area contributed by atoms with E-state index in [1.807, 2.05) is 18.2 Å². The maximum absolute atomic E-state index is 11.2. The van der Waals surface area contributed by atoms with Crippen LogP contribution in [0, 0.1) is 5.92 Å². The molecule has 4 heteroatoms. The number of hydrogen-bond acceptors (Lipinski definition) is 3. The molecule has 1 aliphatic heterocycles. The molecule has 88 valence electrons. The Labute approximate surface area is 98.6 Å². The van der Waals surface area contributed by atoms with Crippen LogP contribution >= 0.6 is 0 Å². The highest BCUT2D eigenvalue weighted by molar-refractivity contribution is 5.82. The second-order valence-corrected chi connectivity index (χ2v) is 4.56. The molecule has 0 amide bonds. The maximum Gasteiger partial charge on any atom is 0.326 e. The molecule has 2 aliphatic rings. The fourth-order valence-electron chi connectivity index (χ4n) is 2.85. The predicted molar refractivity (Wildman–Crippen MR) is 63.1 cm³/mol. The number of anilines is 1. The number of carboxylic acid groups (broad SMARTS) is 1. The monoisotopic (exact) mass is 231 g/mol. The van der Waals surface area contributed by atoms with Gasteiger partial charge in [-0.1, -0.05) is 24.3 Å². The number of phenols is 1. The summed E-state index contributed by atoms with van der Waals surface area (Å²) < 4.78 is 0. The smallest absolute Gasteiger partial charge is 0.326 e. The zero-order chi connectivity index (χ0) is 12.0. The highest BCUT2D eigenvalue weighted by atomic mass is 16.4. The average Bonchev–Trinajstić information content (AvgIpc) is 2.77. The second kappa shape index (κ2) is 3.52. The van der Waals surface area contributed by atoms with Gasteiger partial charge < -0.3 is 15.5 Å². The normalized spacial score (nSPS) is 29.3. The highest BCUT2D eigenvalue weighted by Gasteiger charge is 2.41. The van der Waals surface area contributed by atoms with Crippen molar-refractivity contribution in [2.45, 2.75) is 18.4 Å². The largest absolute Gasteiger partial charge is 0.506 e. The summed E-state index contributed by atoms with van der Waals surface area (Å²) in [6, 6.07) is 4.67. The number of nitrogens with one attached hydrogen (secondary N) is 1. The first-order valence-corrected chi connectivity index (χ1v) is 5.66. The highest BCUT2D eigenvalue weighted by Crippen LogP contribution is 2.47. The van der Waals surface area contributed by atoms with Crippen molar-refractivity contribution in [3.8, 4) is 5.75 Å². The molecule has 0 bridgehead atoms. The molecule has 3 rings (SSSR count). The molecule has 17 heavy (non-hydrogen) atoms. The number of allylic oxidation sites excluding steroid dienone is 2. The molecule has 1 aromatic rings. The summed E-state index contributed by atoms with van der Waals surface area (Å²) in [6.45, 7) is 0. The van der Waals surface area contributed by atoms with Crippen LogP contribution in [-0.2, 0) is 4.79 Å². The minimum atomic E-state index is -0.863. The molecule has 0 aromatic heterocycles. The molecule has 4 nitrogen and oxygen atoms in total. The molecule has 1 aliphatic carbocycles. The minimum absolute atomic E-state index is 0.0433. The molecule has 0 saturated carbocycles. The lowest BCUT2D eigenvalue weighted by atomic mass is 9.79. The van der Waals surface area contributed by atoms with Gasteiger partial charge in [0, 0.05) is 11.8 Å². The molecule has 0 saturated heterocycles. The molecule has 3 atom stereocenters. The second-order valence-electron chi connectivity index (χ2n) is 4.56. The Morgan fingerprint density at radius 1 is 1.41 bits per heavy atom. The van der Waals surface area contributed by atoms with E-state index in [2.05, 4.69) is 5.32 Å². The number of phenolic OH excluding ortho intramolecular Hbond substituents is 1. The van der Waals surface area contributed by atoms with Gasteiger partial charge in [0.15, 0.2) is 0 Å². The van der Waals surface area contributed by atoms with Crippen LogP contribution in [0.25, 0.3) is 0 Å². The van der Waals surface area contributed by atoms with Crippen LogP contribution in [-0.4, -0.2) is 22.2 Å². The van der Waals surface area contributed by atoms with Crippen molar-refractivity contribution in [3.05, 3.63) is 35.9 Å². The van der Waals surface area contributed by atoms with Gasteiger partial charge in [0.05, 0.1) is 5.69 Å². The minimum Gasteiger partial charge on any atom is -0.506 e. The van der Waals surface area contributed by atoms with Gasteiger partial charge in [-0.25, -0.2) is 4.79 Å². The fraction of sp³-hybridized carbons (Fsp3) is 0.308. The Hall–Kier alpha value is -1.97. The summed E-state index contributed by atoms with van der Waals surface area (Å²) in [7, 11) is 0. The summed E-state index contributed by atoms with van der Waals surface area (Å²) >= 11 is 0. The molecule has 1 heterocycles. The van der Waals surface area contributed by atoms with Crippen LogP contribution in [0.4, 0.5) is 5.69 Å². The van der Waals surface area contributed by atoms with Gasteiger partial charge in [0.25, 0.3) is 0 Å². The van der Waals surface area contributed by atoms with E-state index in [1.165, 1.54) is 0 Å². The van der Waals surface area contributed by atoms with E-state index >= 15 is 0 Å². The lowest BCUT2D eigenvalue weighted by Gasteiger charge is -2.34. The molecule has 1 aromatic carbocycles. The van der Waals surface area contributed by atoms with Crippen molar-refractivity contribution < 1.29 is 15.0 Å². The number of aromatic hydroxyl groups is 1. The van der Waals surface area contributed by atoms with Gasteiger partial charge in [-0.3, -0.25) is 0 Å². The van der Waals surface area contributed by atoms with Crippen molar-refractivity contribution in [1.29, 1.82) is 0 Å². The standard InChI is InChI=1S/C13H13NO3/c15-10-6-2-5-8-7-3-1-4-9(7)12(13(16)17)14-11(8)10/h1-3,5-7,9,12,14-15H,4H2,(H,16,17)/t7-,9-,12-/m1/s1. The first-order valence-electron chi connectivity index (χ1n) is 5.66. The van der Waals surface area contributed by atoms with E-state index in [1.54, 1.807) is 12.1 Å². The lowest BCUT2D eigenvalue weighted by molar-refractivity contribution is -0.139. The number of fused-ring (bicyclic) bond motifs is 3.